The summed E-state index contributed by atoms with van der Waals surface area (Å²) >= 11 is 7.70. The minimum Gasteiger partial charge on any atom is -0.368 e. The predicted molar refractivity (Wildman–Crippen MR) is 90.5 cm³/mol. The Morgan fingerprint density at radius 2 is 2.29 bits per heavy atom. The summed E-state index contributed by atoms with van der Waals surface area (Å²) in [5.74, 6) is 0.600. The number of hydrogen-bond donors (Lipinski definition) is 1. The van der Waals surface area contributed by atoms with Crippen LogP contribution >= 0.6 is 23.3 Å². The molecule has 2 aromatic rings. The van der Waals surface area contributed by atoms with Gasteiger partial charge in [-0.15, -0.1) is 0 Å². The van der Waals surface area contributed by atoms with Gasteiger partial charge in [-0.3, -0.25) is 0 Å². The molecule has 3 rings (SSSR count). The van der Waals surface area contributed by atoms with E-state index in [1.165, 1.54) is 18.1 Å². The molecule has 1 aromatic carbocycles. The van der Waals surface area contributed by atoms with Crippen LogP contribution in [0.2, 0.25) is 5.02 Å². The van der Waals surface area contributed by atoms with Crippen molar-refractivity contribution in [2.75, 3.05) is 24.5 Å². The van der Waals surface area contributed by atoms with Gasteiger partial charge in [0.2, 0.25) is 0 Å². The average molecular weight is 325 g/mol. The topological polar surface area (TPSA) is 41.0 Å². The van der Waals surface area contributed by atoms with Gasteiger partial charge in [0, 0.05) is 19.1 Å². The van der Waals surface area contributed by atoms with Crippen molar-refractivity contribution < 1.29 is 0 Å². The summed E-state index contributed by atoms with van der Waals surface area (Å²) in [6, 6.07) is 4.49. The zero-order valence-corrected chi connectivity index (χ0v) is 14.0. The van der Waals surface area contributed by atoms with E-state index in [9.17, 15) is 0 Å². The summed E-state index contributed by atoms with van der Waals surface area (Å²) in [4.78, 5) is 2.38. The van der Waals surface area contributed by atoms with Crippen LogP contribution in [0.25, 0.3) is 11.0 Å². The fraction of sp³-hybridized carbons (Fsp3) is 0.600. The Bertz CT molecular complexity index is 615. The number of halogens is 1. The molecular formula is C15H21ClN4S. The first-order valence-electron chi connectivity index (χ1n) is 7.59. The van der Waals surface area contributed by atoms with Crippen LogP contribution in [-0.4, -0.2) is 34.4 Å². The normalized spacial score (nSPS) is 22.9. The number of nitrogens with zero attached hydrogens (tertiary/aromatic N) is 3. The first kappa shape index (κ1) is 15.0. The molecule has 1 saturated heterocycles. The summed E-state index contributed by atoms with van der Waals surface area (Å²) < 4.78 is 8.76. The van der Waals surface area contributed by atoms with Gasteiger partial charge in [0.1, 0.15) is 11.0 Å². The third-order valence-electron chi connectivity index (χ3n) is 4.23. The van der Waals surface area contributed by atoms with Gasteiger partial charge in [-0.05, 0) is 37.4 Å². The highest BCUT2D eigenvalue weighted by atomic mass is 35.5. The fourth-order valence-electron chi connectivity index (χ4n) is 3.10. The Labute approximate surface area is 134 Å². The summed E-state index contributed by atoms with van der Waals surface area (Å²) in [6.45, 7) is 7.65. The Kier molecular flexibility index (Phi) is 4.62. The van der Waals surface area contributed by atoms with Gasteiger partial charge in [-0.2, -0.15) is 8.75 Å². The number of rotatable bonds is 4. The minimum atomic E-state index is 0.600. The maximum absolute atomic E-state index is 6.44. The number of aromatic nitrogens is 2. The van der Waals surface area contributed by atoms with Crippen LogP contribution in [0.4, 0.5) is 5.69 Å². The van der Waals surface area contributed by atoms with Crippen molar-refractivity contribution in [1.29, 1.82) is 0 Å². The van der Waals surface area contributed by atoms with Crippen molar-refractivity contribution in [2.45, 2.75) is 32.7 Å². The number of fused-ring (bicyclic) bond motifs is 1. The van der Waals surface area contributed by atoms with Crippen molar-refractivity contribution in [2.24, 2.45) is 5.92 Å². The highest BCUT2D eigenvalue weighted by Gasteiger charge is 2.28. The lowest BCUT2D eigenvalue weighted by Crippen LogP contribution is -2.48. The Morgan fingerprint density at radius 1 is 1.43 bits per heavy atom. The van der Waals surface area contributed by atoms with Crippen LogP contribution in [0.1, 0.15) is 26.7 Å². The lowest BCUT2D eigenvalue weighted by atomic mass is 9.93. The highest BCUT2D eigenvalue weighted by Crippen LogP contribution is 2.35. The predicted octanol–water partition coefficient (Wildman–Crippen LogP) is 3.56. The standard InChI is InChI=1S/C15H21ClN4S/c1-3-7-17-12-6-8-20(9-10(12)2)15-11(16)4-5-13-14(15)19-21-18-13/h4-5,10,12,17H,3,6-9H2,1-2H3. The molecule has 6 heteroatoms. The summed E-state index contributed by atoms with van der Waals surface area (Å²) in [5.41, 5.74) is 2.95. The summed E-state index contributed by atoms with van der Waals surface area (Å²) in [7, 11) is 0. The molecule has 1 fully saturated rings. The van der Waals surface area contributed by atoms with E-state index in [0.29, 0.717) is 12.0 Å². The fourth-order valence-corrected chi connectivity index (χ4v) is 3.91. The van der Waals surface area contributed by atoms with Gasteiger partial charge in [-0.25, -0.2) is 0 Å². The molecule has 0 saturated carbocycles. The molecule has 0 aliphatic carbocycles. The van der Waals surface area contributed by atoms with Crippen LogP contribution in [0, 0.1) is 5.92 Å². The van der Waals surface area contributed by atoms with Crippen molar-refractivity contribution in [3.63, 3.8) is 0 Å². The third-order valence-corrected chi connectivity index (χ3v) is 5.08. The van der Waals surface area contributed by atoms with Crippen molar-refractivity contribution in [3.05, 3.63) is 17.2 Å². The lowest BCUT2D eigenvalue weighted by molar-refractivity contribution is 0.322. The zero-order valence-electron chi connectivity index (χ0n) is 12.5. The van der Waals surface area contributed by atoms with Crippen LogP contribution in [0.15, 0.2) is 12.1 Å². The Hall–Kier alpha value is -0.910. The molecule has 0 spiro atoms. The molecular weight excluding hydrogens is 304 g/mol. The monoisotopic (exact) mass is 324 g/mol. The van der Waals surface area contributed by atoms with Gasteiger partial charge in [-0.1, -0.05) is 25.4 Å². The molecule has 2 unspecified atom stereocenters. The second-order valence-corrected chi connectivity index (χ2v) is 6.74. The summed E-state index contributed by atoms with van der Waals surface area (Å²) in [5, 5.41) is 4.43. The number of nitrogens with one attached hydrogen (secondary N) is 1. The number of piperidine rings is 1. The molecule has 114 valence electrons. The molecule has 4 nitrogen and oxygen atoms in total. The quantitative estimate of drug-likeness (QED) is 0.933. The lowest BCUT2D eigenvalue weighted by Gasteiger charge is -2.39. The van der Waals surface area contributed by atoms with Gasteiger partial charge >= 0.3 is 0 Å². The van der Waals surface area contributed by atoms with E-state index < -0.39 is 0 Å². The maximum Gasteiger partial charge on any atom is 0.129 e. The third kappa shape index (κ3) is 3.00. The van der Waals surface area contributed by atoms with Crippen molar-refractivity contribution in [3.8, 4) is 0 Å². The van der Waals surface area contributed by atoms with E-state index in [0.717, 1.165) is 47.8 Å². The number of hydrogen-bond acceptors (Lipinski definition) is 5. The molecule has 1 aliphatic rings. The van der Waals surface area contributed by atoms with Crippen LogP contribution in [0.3, 0.4) is 0 Å². The number of anilines is 1. The molecule has 21 heavy (non-hydrogen) atoms. The van der Waals surface area contributed by atoms with Gasteiger partial charge < -0.3 is 10.2 Å². The number of benzene rings is 1. The zero-order chi connectivity index (χ0) is 14.8. The average Bonchev–Trinajstić information content (AvgIpc) is 2.94. The van der Waals surface area contributed by atoms with E-state index in [2.05, 4.69) is 32.8 Å². The van der Waals surface area contributed by atoms with E-state index in [-0.39, 0.29) is 0 Å². The Morgan fingerprint density at radius 3 is 3.05 bits per heavy atom. The van der Waals surface area contributed by atoms with E-state index in [1.807, 2.05) is 12.1 Å². The second kappa shape index (κ2) is 6.46. The van der Waals surface area contributed by atoms with E-state index in [1.54, 1.807) is 0 Å². The van der Waals surface area contributed by atoms with Crippen molar-refractivity contribution in [1.82, 2.24) is 14.1 Å². The molecule has 0 bridgehead atoms. The smallest absolute Gasteiger partial charge is 0.129 e. The van der Waals surface area contributed by atoms with Gasteiger partial charge in [0.05, 0.1) is 22.4 Å². The van der Waals surface area contributed by atoms with Crippen LogP contribution in [-0.2, 0) is 0 Å². The SMILES string of the molecule is CCCNC1CCN(c2c(Cl)ccc3nsnc23)CC1C. The highest BCUT2D eigenvalue weighted by molar-refractivity contribution is 7.00. The first-order chi connectivity index (χ1) is 10.2. The van der Waals surface area contributed by atoms with E-state index >= 15 is 0 Å². The van der Waals surface area contributed by atoms with Gasteiger partial charge in [0.15, 0.2) is 0 Å². The van der Waals surface area contributed by atoms with Crippen molar-refractivity contribution >= 4 is 40.0 Å². The molecule has 1 aliphatic heterocycles. The maximum atomic E-state index is 6.44. The molecule has 0 radical (unpaired) electrons. The van der Waals surface area contributed by atoms with Gasteiger partial charge in [0.25, 0.3) is 0 Å². The molecule has 1 aromatic heterocycles. The first-order valence-corrected chi connectivity index (χ1v) is 8.70. The molecule has 2 heterocycles. The molecule has 1 N–H and O–H groups in total. The van der Waals surface area contributed by atoms with E-state index in [4.69, 9.17) is 11.6 Å². The largest absolute Gasteiger partial charge is 0.368 e. The Balaban J connectivity index is 1.81. The summed E-state index contributed by atoms with van der Waals surface area (Å²) in [6.07, 6.45) is 2.33. The molecule has 2 atom stereocenters. The van der Waals surface area contributed by atoms with Crippen LogP contribution in [0.5, 0.6) is 0 Å². The minimum absolute atomic E-state index is 0.600. The molecule has 0 amide bonds. The van der Waals surface area contributed by atoms with Crippen LogP contribution < -0.4 is 10.2 Å². The second-order valence-electron chi connectivity index (χ2n) is 5.80.